The van der Waals surface area contributed by atoms with Gasteiger partial charge < -0.3 is 10.4 Å². The summed E-state index contributed by atoms with van der Waals surface area (Å²) in [5.74, 6) is -1.24. The van der Waals surface area contributed by atoms with Gasteiger partial charge in [0.1, 0.15) is 11.9 Å². The fraction of sp³-hybridized carbons (Fsp3) is 0.300. The van der Waals surface area contributed by atoms with Crippen molar-refractivity contribution in [1.29, 1.82) is 0 Å². The van der Waals surface area contributed by atoms with E-state index in [9.17, 15) is 9.18 Å². The lowest BCUT2D eigenvalue weighted by molar-refractivity contribution is -0.139. The van der Waals surface area contributed by atoms with Gasteiger partial charge in [-0.15, -0.1) is 12.4 Å². The third-order valence-corrected chi connectivity index (χ3v) is 2.46. The number of hydrogen-bond acceptors (Lipinski definition) is 2. The number of rotatable bonds is 1. The van der Waals surface area contributed by atoms with E-state index in [1.54, 1.807) is 6.07 Å². The Bertz CT molecular complexity index is 384. The highest BCUT2D eigenvalue weighted by Gasteiger charge is 2.25. The van der Waals surface area contributed by atoms with Crippen LogP contribution in [0.4, 0.5) is 4.39 Å². The minimum atomic E-state index is -0.932. The summed E-state index contributed by atoms with van der Waals surface area (Å²) < 4.78 is 13.3. The van der Waals surface area contributed by atoms with Gasteiger partial charge >= 0.3 is 5.97 Å². The molecule has 0 aliphatic carbocycles. The molecule has 1 aromatic carbocycles. The summed E-state index contributed by atoms with van der Waals surface area (Å²) in [6, 6.07) is 4.14. The van der Waals surface area contributed by atoms with Gasteiger partial charge in [0.25, 0.3) is 0 Å². The summed E-state index contributed by atoms with van der Waals surface area (Å²) in [5.41, 5.74) is 1.38. The summed E-state index contributed by atoms with van der Waals surface area (Å²) in [6.07, 6.45) is 0.220. The summed E-state index contributed by atoms with van der Waals surface area (Å²) in [6.45, 7) is 0.421. The van der Waals surface area contributed by atoms with Crippen molar-refractivity contribution in [3.8, 4) is 0 Å². The molecule has 1 aromatic rings. The molecule has 1 heterocycles. The predicted molar refractivity (Wildman–Crippen MR) is 55.6 cm³/mol. The maximum atomic E-state index is 13.3. The van der Waals surface area contributed by atoms with Crippen LogP contribution in [0, 0.1) is 5.82 Å². The zero-order valence-corrected chi connectivity index (χ0v) is 8.68. The molecule has 0 fully saturated rings. The van der Waals surface area contributed by atoms with Crippen LogP contribution in [-0.4, -0.2) is 17.1 Å². The molecule has 82 valence electrons. The zero-order valence-electron chi connectivity index (χ0n) is 7.87. The maximum Gasteiger partial charge on any atom is 0.321 e. The Morgan fingerprint density at radius 2 is 2.27 bits per heavy atom. The van der Waals surface area contributed by atoms with Crippen molar-refractivity contribution in [3.63, 3.8) is 0 Å². The van der Waals surface area contributed by atoms with Crippen molar-refractivity contribution in [2.24, 2.45) is 0 Å². The lowest BCUT2D eigenvalue weighted by Crippen LogP contribution is -2.41. The SMILES string of the molecule is Cl.O=C(O)C1Cc2c(F)cccc2CN1. The van der Waals surface area contributed by atoms with Crippen LogP contribution in [0.5, 0.6) is 0 Å². The van der Waals surface area contributed by atoms with Crippen LogP contribution >= 0.6 is 12.4 Å². The fourth-order valence-electron chi connectivity index (χ4n) is 1.68. The number of aliphatic carboxylic acids is 1. The van der Waals surface area contributed by atoms with Crippen molar-refractivity contribution < 1.29 is 14.3 Å². The van der Waals surface area contributed by atoms with E-state index < -0.39 is 12.0 Å². The molecule has 1 aliphatic heterocycles. The van der Waals surface area contributed by atoms with Crippen molar-refractivity contribution in [1.82, 2.24) is 5.32 Å². The Morgan fingerprint density at radius 3 is 2.93 bits per heavy atom. The van der Waals surface area contributed by atoms with Gasteiger partial charge in [0.05, 0.1) is 0 Å². The largest absolute Gasteiger partial charge is 0.480 e. The van der Waals surface area contributed by atoms with Gasteiger partial charge in [-0.25, -0.2) is 4.39 Å². The third kappa shape index (κ3) is 2.27. The van der Waals surface area contributed by atoms with Crippen LogP contribution in [0.25, 0.3) is 0 Å². The highest BCUT2D eigenvalue weighted by molar-refractivity contribution is 5.85. The van der Waals surface area contributed by atoms with Crippen molar-refractivity contribution >= 4 is 18.4 Å². The maximum absolute atomic E-state index is 13.3. The molecule has 1 aliphatic rings. The topological polar surface area (TPSA) is 49.3 Å². The van der Waals surface area contributed by atoms with Gasteiger partial charge in [-0.2, -0.15) is 0 Å². The minimum absolute atomic E-state index is 0. The van der Waals surface area contributed by atoms with Crippen LogP contribution in [0.15, 0.2) is 18.2 Å². The highest BCUT2D eigenvalue weighted by Crippen LogP contribution is 2.19. The molecule has 0 aromatic heterocycles. The van der Waals surface area contributed by atoms with Crippen LogP contribution in [0.3, 0.4) is 0 Å². The van der Waals surface area contributed by atoms with Gasteiger partial charge in [0.2, 0.25) is 0 Å². The Labute approximate surface area is 92.7 Å². The number of carboxylic acids is 1. The fourth-order valence-corrected chi connectivity index (χ4v) is 1.68. The molecule has 0 bridgehead atoms. The van der Waals surface area contributed by atoms with E-state index in [0.29, 0.717) is 12.1 Å². The molecule has 5 heteroatoms. The van der Waals surface area contributed by atoms with E-state index in [2.05, 4.69) is 5.32 Å². The van der Waals surface area contributed by atoms with E-state index in [4.69, 9.17) is 5.11 Å². The number of carbonyl (C=O) groups is 1. The number of benzene rings is 1. The molecule has 0 saturated heterocycles. The summed E-state index contributed by atoms with van der Waals surface area (Å²) in [4.78, 5) is 10.7. The lowest BCUT2D eigenvalue weighted by atomic mass is 9.95. The average molecular weight is 232 g/mol. The quantitative estimate of drug-likeness (QED) is 0.767. The molecule has 0 radical (unpaired) electrons. The molecule has 2 rings (SSSR count). The Morgan fingerprint density at radius 1 is 1.53 bits per heavy atom. The van der Waals surface area contributed by atoms with Crippen molar-refractivity contribution in [3.05, 3.63) is 35.1 Å². The smallest absolute Gasteiger partial charge is 0.321 e. The normalized spacial score (nSPS) is 18.9. The first-order valence-electron chi connectivity index (χ1n) is 4.41. The summed E-state index contributed by atoms with van der Waals surface area (Å²) >= 11 is 0. The number of nitrogens with one attached hydrogen (secondary N) is 1. The zero-order chi connectivity index (χ0) is 10.1. The molecule has 2 N–H and O–H groups in total. The lowest BCUT2D eigenvalue weighted by Gasteiger charge is -2.23. The first-order valence-corrected chi connectivity index (χ1v) is 4.41. The molecule has 15 heavy (non-hydrogen) atoms. The van der Waals surface area contributed by atoms with E-state index >= 15 is 0 Å². The first kappa shape index (κ1) is 11.9. The Balaban J connectivity index is 0.00000112. The second-order valence-corrected chi connectivity index (χ2v) is 3.35. The van der Waals surface area contributed by atoms with E-state index in [1.807, 2.05) is 6.07 Å². The Hall–Kier alpha value is -1.13. The van der Waals surface area contributed by atoms with Gasteiger partial charge in [-0.1, -0.05) is 12.1 Å². The van der Waals surface area contributed by atoms with Gasteiger partial charge in [-0.3, -0.25) is 4.79 Å². The van der Waals surface area contributed by atoms with Gasteiger partial charge in [0, 0.05) is 13.0 Å². The van der Waals surface area contributed by atoms with Crippen molar-refractivity contribution in [2.45, 2.75) is 19.0 Å². The molecule has 0 saturated carbocycles. The monoisotopic (exact) mass is 231 g/mol. The average Bonchev–Trinajstić information content (AvgIpc) is 2.18. The second-order valence-electron chi connectivity index (χ2n) is 3.35. The third-order valence-electron chi connectivity index (χ3n) is 2.46. The molecular weight excluding hydrogens is 221 g/mol. The second kappa shape index (κ2) is 4.59. The summed E-state index contributed by atoms with van der Waals surface area (Å²) in [5, 5.41) is 11.6. The van der Waals surface area contributed by atoms with Crippen molar-refractivity contribution in [2.75, 3.05) is 0 Å². The number of halogens is 2. The summed E-state index contributed by atoms with van der Waals surface area (Å²) in [7, 11) is 0. The molecular formula is C10H11ClFNO2. The number of carboxylic acid groups (broad SMARTS) is 1. The number of hydrogen-bond donors (Lipinski definition) is 2. The van der Waals surface area contributed by atoms with Gasteiger partial charge in [0.15, 0.2) is 0 Å². The van der Waals surface area contributed by atoms with Gasteiger partial charge in [-0.05, 0) is 17.2 Å². The molecule has 0 amide bonds. The molecule has 0 spiro atoms. The minimum Gasteiger partial charge on any atom is -0.480 e. The molecule has 3 nitrogen and oxygen atoms in total. The standard InChI is InChI=1S/C10H10FNO2.ClH/c11-8-3-1-2-6-5-12-9(10(13)14)4-7(6)8;/h1-3,9,12H,4-5H2,(H,13,14);1H. The predicted octanol–water partition coefficient (Wildman–Crippen LogP) is 1.35. The number of fused-ring (bicyclic) bond motifs is 1. The molecule has 1 atom stereocenters. The highest BCUT2D eigenvalue weighted by atomic mass is 35.5. The van der Waals surface area contributed by atoms with Crippen LogP contribution < -0.4 is 5.32 Å². The van der Waals surface area contributed by atoms with E-state index in [1.165, 1.54) is 6.07 Å². The van der Waals surface area contributed by atoms with Crippen LogP contribution in [-0.2, 0) is 17.8 Å². The molecule has 1 unspecified atom stereocenters. The first-order chi connectivity index (χ1) is 6.68. The van der Waals surface area contributed by atoms with E-state index in [-0.39, 0.29) is 24.6 Å². The Kier molecular flexibility index (Phi) is 3.66. The van der Waals surface area contributed by atoms with E-state index in [0.717, 1.165) is 5.56 Å². The van der Waals surface area contributed by atoms with Crippen LogP contribution in [0.2, 0.25) is 0 Å². The van der Waals surface area contributed by atoms with Crippen LogP contribution in [0.1, 0.15) is 11.1 Å².